The highest BCUT2D eigenvalue weighted by atomic mass is 32.2. The number of rotatable bonds is 4. The van der Waals surface area contributed by atoms with E-state index in [1.54, 1.807) is 7.05 Å². The maximum absolute atomic E-state index is 12.6. The van der Waals surface area contributed by atoms with E-state index < -0.39 is 16.0 Å². The lowest BCUT2D eigenvalue weighted by atomic mass is 10.2. The second-order valence-corrected chi connectivity index (χ2v) is 7.17. The number of sulfonamides is 1. The van der Waals surface area contributed by atoms with Crippen LogP contribution < -0.4 is 5.73 Å². The van der Waals surface area contributed by atoms with Gasteiger partial charge in [0.2, 0.25) is 10.0 Å². The van der Waals surface area contributed by atoms with E-state index in [1.165, 1.54) is 29.6 Å². The van der Waals surface area contributed by atoms with Crippen molar-refractivity contribution in [3.8, 4) is 0 Å². The first kappa shape index (κ1) is 15.8. The van der Waals surface area contributed by atoms with Crippen LogP contribution in [0.4, 0.5) is 5.69 Å². The van der Waals surface area contributed by atoms with E-state index in [4.69, 9.17) is 5.73 Å². The van der Waals surface area contributed by atoms with Crippen LogP contribution in [0.15, 0.2) is 23.1 Å². The van der Waals surface area contributed by atoms with Crippen LogP contribution in [-0.2, 0) is 14.8 Å². The molecule has 1 saturated carbocycles. The molecule has 1 aromatic rings. The average Bonchev–Trinajstić information content (AvgIpc) is 2.99. The lowest BCUT2D eigenvalue weighted by Gasteiger charge is -2.24. The number of nitrogens with zero attached hydrogens (tertiary/aromatic N) is 1. The molecule has 0 atom stereocenters. The maximum Gasteiger partial charge on any atom is 0.337 e. The molecule has 0 unspecified atom stereocenters. The van der Waals surface area contributed by atoms with Gasteiger partial charge in [-0.1, -0.05) is 12.8 Å². The topological polar surface area (TPSA) is 89.7 Å². The van der Waals surface area contributed by atoms with Crippen LogP contribution in [-0.4, -0.2) is 38.9 Å². The van der Waals surface area contributed by atoms with Gasteiger partial charge in [-0.15, -0.1) is 0 Å². The molecule has 0 amide bonds. The third-order valence-corrected chi connectivity index (χ3v) is 5.91. The minimum atomic E-state index is -3.65. The Kier molecular flexibility index (Phi) is 4.53. The SMILES string of the molecule is COC(=O)c1ccc(S(=O)(=O)N(C)C2CCCC2)c(N)c1. The molecular formula is C14H20N2O4S. The van der Waals surface area contributed by atoms with E-state index in [1.807, 2.05) is 0 Å². The zero-order valence-corrected chi connectivity index (χ0v) is 13.0. The number of esters is 1. The number of ether oxygens (including phenoxy) is 1. The molecule has 1 aliphatic rings. The Morgan fingerprint density at radius 3 is 2.48 bits per heavy atom. The Morgan fingerprint density at radius 2 is 1.95 bits per heavy atom. The van der Waals surface area contributed by atoms with Gasteiger partial charge in [-0.2, -0.15) is 4.31 Å². The largest absolute Gasteiger partial charge is 0.465 e. The molecule has 21 heavy (non-hydrogen) atoms. The third-order valence-electron chi connectivity index (χ3n) is 3.93. The first-order valence-electron chi connectivity index (χ1n) is 6.84. The Balaban J connectivity index is 2.34. The molecule has 0 saturated heterocycles. The monoisotopic (exact) mass is 312 g/mol. The molecule has 0 spiro atoms. The van der Waals surface area contributed by atoms with Crippen molar-refractivity contribution in [3.63, 3.8) is 0 Å². The van der Waals surface area contributed by atoms with Crippen molar-refractivity contribution in [2.75, 3.05) is 19.9 Å². The smallest absolute Gasteiger partial charge is 0.337 e. The summed E-state index contributed by atoms with van der Waals surface area (Å²) in [6, 6.07) is 4.14. The number of carbonyl (C=O) groups excluding carboxylic acids is 1. The van der Waals surface area contributed by atoms with Gasteiger partial charge >= 0.3 is 5.97 Å². The molecule has 2 rings (SSSR count). The molecule has 0 aromatic heterocycles. The van der Waals surface area contributed by atoms with Gasteiger partial charge in [0.25, 0.3) is 0 Å². The number of hydrogen-bond acceptors (Lipinski definition) is 5. The quantitative estimate of drug-likeness (QED) is 0.674. The summed E-state index contributed by atoms with van der Waals surface area (Å²) < 4.78 is 31.2. The number of nitrogen functional groups attached to an aromatic ring is 1. The molecular weight excluding hydrogens is 292 g/mol. The van der Waals surface area contributed by atoms with Crippen molar-refractivity contribution >= 4 is 21.7 Å². The zero-order valence-electron chi connectivity index (χ0n) is 12.2. The number of methoxy groups -OCH3 is 1. The molecule has 7 heteroatoms. The average molecular weight is 312 g/mol. The van der Waals surface area contributed by atoms with E-state index in [0.717, 1.165) is 25.7 Å². The van der Waals surface area contributed by atoms with Crippen LogP contribution in [0.1, 0.15) is 36.0 Å². The van der Waals surface area contributed by atoms with Crippen molar-refractivity contribution in [2.24, 2.45) is 0 Å². The highest BCUT2D eigenvalue weighted by Crippen LogP contribution is 2.29. The van der Waals surface area contributed by atoms with Gasteiger partial charge in [0, 0.05) is 13.1 Å². The highest BCUT2D eigenvalue weighted by Gasteiger charge is 2.31. The Morgan fingerprint density at radius 1 is 1.33 bits per heavy atom. The molecule has 1 aromatic carbocycles. The predicted octanol–water partition coefficient (Wildman–Crippen LogP) is 1.62. The predicted molar refractivity (Wildman–Crippen MR) is 79.4 cm³/mol. The van der Waals surface area contributed by atoms with Crippen molar-refractivity contribution in [3.05, 3.63) is 23.8 Å². The standard InChI is InChI=1S/C14H20N2O4S/c1-16(11-5-3-4-6-11)21(18,19)13-8-7-10(9-12(13)15)14(17)20-2/h7-9,11H,3-6,15H2,1-2H3. The molecule has 1 fully saturated rings. The van der Waals surface area contributed by atoms with Crippen molar-refractivity contribution in [1.29, 1.82) is 0 Å². The van der Waals surface area contributed by atoms with E-state index in [9.17, 15) is 13.2 Å². The third kappa shape index (κ3) is 3.03. The highest BCUT2D eigenvalue weighted by molar-refractivity contribution is 7.89. The normalized spacial score (nSPS) is 16.3. The van der Waals surface area contributed by atoms with Crippen LogP contribution in [0.3, 0.4) is 0 Å². The van der Waals surface area contributed by atoms with Crippen LogP contribution in [0.5, 0.6) is 0 Å². The first-order valence-corrected chi connectivity index (χ1v) is 8.28. The number of nitrogens with two attached hydrogens (primary N) is 1. The van der Waals surface area contributed by atoms with Crippen molar-refractivity contribution in [1.82, 2.24) is 4.31 Å². The van der Waals surface area contributed by atoms with E-state index in [-0.39, 0.29) is 22.2 Å². The zero-order chi connectivity index (χ0) is 15.6. The molecule has 116 valence electrons. The summed E-state index contributed by atoms with van der Waals surface area (Å²) in [7, 11) is -0.803. The maximum atomic E-state index is 12.6. The molecule has 0 bridgehead atoms. The summed E-state index contributed by atoms with van der Waals surface area (Å²) in [6.45, 7) is 0. The first-order chi connectivity index (χ1) is 9.87. The van der Waals surface area contributed by atoms with Gasteiger partial charge in [-0.25, -0.2) is 13.2 Å². The van der Waals surface area contributed by atoms with Crippen molar-refractivity contribution in [2.45, 2.75) is 36.6 Å². The second kappa shape index (κ2) is 6.03. The Hall–Kier alpha value is -1.60. The molecule has 6 nitrogen and oxygen atoms in total. The van der Waals surface area contributed by atoms with Gasteiger partial charge in [0.1, 0.15) is 4.90 Å². The fraction of sp³-hybridized carbons (Fsp3) is 0.500. The second-order valence-electron chi connectivity index (χ2n) is 5.20. The summed E-state index contributed by atoms with van der Waals surface area (Å²) in [5.41, 5.74) is 6.11. The minimum absolute atomic E-state index is 0.0229. The van der Waals surface area contributed by atoms with Crippen LogP contribution in [0.2, 0.25) is 0 Å². The van der Waals surface area contributed by atoms with Crippen LogP contribution >= 0.6 is 0 Å². The van der Waals surface area contributed by atoms with Gasteiger partial charge in [-0.3, -0.25) is 0 Å². The fourth-order valence-electron chi connectivity index (χ4n) is 2.65. The Labute approximate surface area is 124 Å². The van der Waals surface area contributed by atoms with Crippen LogP contribution in [0.25, 0.3) is 0 Å². The van der Waals surface area contributed by atoms with Crippen molar-refractivity contribution < 1.29 is 17.9 Å². The summed E-state index contributed by atoms with van der Waals surface area (Å²) >= 11 is 0. The van der Waals surface area contributed by atoms with E-state index >= 15 is 0 Å². The van der Waals surface area contributed by atoms with Gasteiger partial charge in [0.05, 0.1) is 18.4 Å². The fourth-order valence-corrected chi connectivity index (χ4v) is 4.16. The summed E-state index contributed by atoms with van der Waals surface area (Å²) in [6.07, 6.45) is 3.83. The summed E-state index contributed by atoms with van der Waals surface area (Å²) in [5, 5.41) is 0. The van der Waals surface area contributed by atoms with Gasteiger partial charge < -0.3 is 10.5 Å². The lowest BCUT2D eigenvalue weighted by Crippen LogP contribution is -2.35. The van der Waals surface area contributed by atoms with Gasteiger partial charge in [0.15, 0.2) is 0 Å². The molecule has 1 aliphatic carbocycles. The van der Waals surface area contributed by atoms with Crippen LogP contribution in [0, 0.1) is 0 Å². The molecule has 0 radical (unpaired) electrons. The molecule has 0 aliphatic heterocycles. The molecule has 0 heterocycles. The number of hydrogen-bond donors (Lipinski definition) is 1. The summed E-state index contributed by atoms with van der Waals surface area (Å²) in [5.74, 6) is -0.546. The molecule has 2 N–H and O–H groups in total. The number of anilines is 1. The summed E-state index contributed by atoms with van der Waals surface area (Å²) in [4.78, 5) is 11.5. The lowest BCUT2D eigenvalue weighted by molar-refractivity contribution is 0.0600. The van der Waals surface area contributed by atoms with E-state index in [0.29, 0.717) is 0 Å². The van der Waals surface area contributed by atoms with E-state index in [2.05, 4.69) is 4.74 Å². The Bertz CT molecular complexity index is 636. The number of benzene rings is 1. The minimum Gasteiger partial charge on any atom is -0.465 e. The van der Waals surface area contributed by atoms with Gasteiger partial charge in [-0.05, 0) is 31.0 Å². The number of carbonyl (C=O) groups is 1.